The van der Waals surface area contributed by atoms with Gasteiger partial charge in [0.15, 0.2) is 28.9 Å². The summed E-state index contributed by atoms with van der Waals surface area (Å²) in [6.07, 6.45) is 19.0. The summed E-state index contributed by atoms with van der Waals surface area (Å²) < 4.78 is 47.0. The number of aliphatic hydroxyl groups excluding tert-OH is 1. The van der Waals surface area contributed by atoms with Crippen molar-refractivity contribution in [3.05, 3.63) is 91.4 Å². The molecule has 6 saturated carbocycles. The van der Waals surface area contributed by atoms with Crippen LogP contribution < -0.4 is 9.47 Å². The molecule has 6 fully saturated rings. The SMILES string of the molecule is COCCOC(=O)/C(C#N)=C1\Sc2c(OC(=O)C3CCC(OC(=O)C4CCC(C5CCC(c6ccccc6)CC5)CC4)CC3)c3c(c(OC(O)C4CCC(OC(=O)C5CCC(C6CCC(c7ccccc7)CC6)CC5)CC4)c2S1)S/C(=C(/C#N)C(=O)OCCOC)S3. The fourth-order valence-electron chi connectivity index (χ4n) is 15.5. The van der Waals surface area contributed by atoms with Gasteiger partial charge in [-0.15, -0.1) is 0 Å². The van der Waals surface area contributed by atoms with E-state index in [1.807, 2.05) is 12.1 Å². The van der Waals surface area contributed by atoms with E-state index in [9.17, 15) is 39.6 Å². The van der Waals surface area contributed by atoms with E-state index in [1.54, 1.807) is 0 Å². The maximum atomic E-state index is 14.7. The van der Waals surface area contributed by atoms with Crippen LogP contribution in [0.3, 0.4) is 0 Å². The number of rotatable bonds is 21. The molecule has 0 saturated heterocycles. The van der Waals surface area contributed by atoms with Gasteiger partial charge in [0.2, 0.25) is 0 Å². The van der Waals surface area contributed by atoms with Gasteiger partial charge in [-0.1, -0.05) is 108 Å². The first kappa shape index (κ1) is 68.0. The Morgan fingerprint density at radius 3 is 1.18 bits per heavy atom. The number of benzene rings is 3. The Kier molecular flexibility index (Phi) is 24.2. The number of carbonyl (C=O) groups excluding carboxylic acids is 5. The van der Waals surface area contributed by atoms with Crippen molar-refractivity contribution in [2.24, 2.45) is 47.3 Å². The van der Waals surface area contributed by atoms with Gasteiger partial charge in [0, 0.05) is 20.1 Å². The highest BCUT2D eigenvalue weighted by molar-refractivity contribution is 8.26. The summed E-state index contributed by atoms with van der Waals surface area (Å²) in [5.41, 5.74) is 2.29. The van der Waals surface area contributed by atoms with E-state index in [-0.39, 0.29) is 93.5 Å². The fourth-order valence-corrected chi connectivity index (χ4v) is 20.8. The Bertz CT molecular complexity index is 3140. The number of methoxy groups -OCH3 is 2. The minimum Gasteiger partial charge on any atom is -0.462 e. The summed E-state index contributed by atoms with van der Waals surface area (Å²) in [5.74, 6) is 0.339. The van der Waals surface area contributed by atoms with E-state index >= 15 is 0 Å². The Morgan fingerprint density at radius 2 is 0.804 bits per heavy atom. The summed E-state index contributed by atoms with van der Waals surface area (Å²) in [4.78, 5) is 70.5. The van der Waals surface area contributed by atoms with Gasteiger partial charge in [-0.25, -0.2) is 9.59 Å². The molecular formula is C72H86N2O14S4. The van der Waals surface area contributed by atoms with Crippen molar-refractivity contribution in [2.75, 3.05) is 40.6 Å². The summed E-state index contributed by atoms with van der Waals surface area (Å²) in [7, 11) is 2.93. The van der Waals surface area contributed by atoms with Crippen molar-refractivity contribution < 1.29 is 67.0 Å². The number of carbonyl (C=O) groups is 5. The molecule has 2 heterocycles. The average molecular weight is 1330 g/mol. The van der Waals surface area contributed by atoms with Crippen LogP contribution in [0.15, 0.2) is 99.9 Å². The second kappa shape index (κ2) is 32.8. The molecule has 3 aromatic rings. The summed E-state index contributed by atoms with van der Waals surface area (Å²) in [5, 5.41) is 33.2. The van der Waals surface area contributed by atoms with Gasteiger partial charge in [0.1, 0.15) is 37.6 Å². The molecule has 92 heavy (non-hydrogen) atoms. The van der Waals surface area contributed by atoms with Crippen molar-refractivity contribution in [3.8, 4) is 23.6 Å². The zero-order valence-corrected chi connectivity index (χ0v) is 56.1. The van der Waals surface area contributed by atoms with Gasteiger partial charge in [0.05, 0.1) is 59.0 Å². The molecular weight excluding hydrogens is 1250 g/mol. The maximum Gasteiger partial charge on any atom is 0.350 e. The number of fused-ring (bicyclic) bond motifs is 2. The first-order valence-corrected chi connectivity index (χ1v) is 36.8. The molecule has 0 spiro atoms. The largest absolute Gasteiger partial charge is 0.462 e. The standard InChI is InChI=1S/C72H86N2O14S4/c1-81-37-39-83-69(79)57(41-73)71-89-61-59(87-67(77)53-29-33-55(34-30-53)85-65(75)51-25-21-49(22-26-51)47-17-13-45(14-18-47)43-9-5-3-6-10-43)63-64(92-72(91-63)58(42-74)70(80)84-40-38-82-2)60(62(61)90-71)88-68(78)54-31-35-56(36-32-54)86-66(76)52-27-23-50(24-28-52)48-19-15-46(16-20-48)44-11-7-4-8-12-44/h3-12,45-56,67,77H,13-40H2,1-2H3/b71-57-,72-58+. The minimum atomic E-state index is -1.40. The first-order chi connectivity index (χ1) is 44.9. The molecule has 11 rings (SSSR count). The number of hydrogen-bond acceptors (Lipinski definition) is 20. The van der Waals surface area contributed by atoms with Gasteiger partial charge in [0.25, 0.3) is 0 Å². The molecule has 0 bridgehead atoms. The van der Waals surface area contributed by atoms with Crippen LogP contribution in [0, 0.1) is 70.0 Å². The summed E-state index contributed by atoms with van der Waals surface area (Å²) >= 11 is 4.08. The number of thioether (sulfide) groups is 4. The first-order valence-electron chi connectivity index (χ1n) is 33.5. The van der Waals surface area contributed by atoms with E-state index in [1.165, 1.54) is 76.7 Å². The number of esters is 5. The van der Waals surface area contributed by atoms with E-state index in [4.69, 9.17) is 37.9 Å². The summed E-state index contributed by atoms with van der Waals surface area (Å²) in [6.45, 7) is -0.0148. The second-order valence-electron chi connectivity index (χ2n) is 26.3. The van der Waals surface area contributed by atoms with Crippen LogP contribution in [-0.4, -0.2) is 94.1 Å². The monoisotopic (exact) mass is 1330 g/mol. The average Bonchev–Trinajstić information content (AvgIpc) is 1.57. The molecule has 0 radical (unpaired) electrons. The van der Waals surface area contributed by atoms with E-state index in [2.05, 4.69) is 60.7 Å². The van der Waals surface area contributed by atoms with Crippen molar-refractivity contribution in [2.45, 2.75) is 204 Å². The highest BCUT2D eigenvalue weighted by atomic mass is 32.2. The topological polar surface area (TPSA) is 227 Å². The minimum absolute atomic E-state index is 0.0760. The third-order valence-corrected chi connectivity index (χ3v) is 26.1. The third kappa shape index (κ3) is 16.6. The number of hydrogen-bond donors (Lipinski definition) is 1. The molecule has 16 nitrogen and oxygen atoms in total. The normalized spacial score (nSPS) is 29.4. The zero-order chi connectivity index (χ0) is 64.1. The molecule has 1 atom stereocenters. The van der Waals surface area contributed by atoms with Crippen LogP contribution in [0.4, 0.5) is 0 Å². The molecule has 8 aliphatic rings. The smallest absolute Gasteiger partial charge is 0.350 e. The molecule has 492 valence electrons. The lowest BCUT2D eigenvalue weighted by Crippen LogP contribution is -2.35. The van der Waals surface area contributed by atoms with Crippen LogP contribution >= 0.6 is 47.0 Å². The highest BCUT2D eigenvalue weighted by Crippen LogP contribution is 2.69. The summed E-state index contributed by atoms with van der Waals surface area (Å²) in [6, 6.07) is 25.7. The van der Waals surface area contributed by atoms with Gasteiger partial charge in [-0.3, -0.25) is 14.4 Å². The molecule has 6 aliphatic carbocycles. The number of nitrogens with zero attached hydrogens (tertiary/aromatic N) is 2. The van der Waals surface area contributed by atoms with Crippen LogP contribution in [0.5, 0.6) is 11.5 Å². The quantitative estimate of drug-likeness (QED) is 0.0199. The number of ether oxygens (including phenoxy) is 8. The Morgan fingerprint density at radius 1 is 0.457 bits per heavy atom. The predicted molar refractivity (Wildman–Crippen MR) is 350 cm³/mol. The van der Waals surface area contributed by atoms with Gasteiger partial charge >= 0.3 is 29.8 Å². The molecule has 2 aliphatic heterocycles. The van der Waals surface area contributed by atoms with Crippen LogP contribution in [0.25, 0.3) is 0 Å². The molecule has 0 aromatic heterocycles. The lowest BCUT2D eigenvalue weighted by Gasteiger charge is -2.38. The van der Waals surface area contributed by atoms with Crippen LogP contribution in [0.1, 0.15) is 177 Å². The van der Waals surface area contributed by atoms with Gasteiger partial charge in [-0.2, -0.15) is 10.5 Å². The van der Waals surface area contributed by atoms with Crippen molar-refractivity contribution in [1.29, 1.82) is 10.5 Å². The highest BCUT2D eigenvalue weighted by Gasteiger charge is 2.44. The fraction of sp³-hybridized carbons (Fsp3) is 0.597. The van der Waals surface area contributed by atoms with Crippen LogP contribution in [-0.2, 0) is 52.4 Å². The third-order valence-electron chi connectivity index (χ3n) is 20.9. The van der Waals surface area contributed by atoms with Crippen molar-refractivity contribution in [3.63, 3.8) is 0 Å². The molecule has 20 heteroatoms. The van der Waals surface area contributed by atoms with E-state index < -0.39 is 36.0 Å². The van der Waals surface area contributed by atoms with Crippen molar-refractivity contribution in [1.82, 2.24) is 0 Å². The number of nitriles is 2. The van der Waals surface area contributed by atoms with Crippen molar-refractivity contribution >= 4 is 76.9 Å². The zero-order valence-electron chi connectivity index (χ0n) is 52.9. The Labute approximate surface area is 558 Å². The molecule has 1 unspecified atom stereocenters. The Balaban J connectivity index is 0.750. The Hall–Kier alpha value is -5.45. The number of aliphatic hydroxyl groups is 1. The van der Waals surface area contributed by atoms with E-state index in [0.29, 0.717) is 106 Å². The van der Waals surface area contributed by atoms with E-state index in [0.717, 1.165) is 98.4 Å². The van der Waals surface area contributed by atoms with Gasteiger partial charge in [-0.05, 0) is 201 Å². The second-order valence-corrected chi connectivity index (χ2v) is 30.9. The molecule has 0 amide bonds. The molecule has 1 N–H and O–H groups in total. The van der Waals surface area contributed by atoms with Crippen LogP contribution in [0.2, 0.25) is 0 Å². The lowest BCUT2D eigenvalue weighted by molar-refractivity contribution is -0.160. The maximum absolute atomic E-state index is 14.7. The predicted octanol–water partition coefficient (Wildman–Crippen LogP) is 15.3. The molecule has 3 aromatic carbocycles. The lowest BCUT2D eigenvalue weighted by atomic mass is 9.68. The van der Waals surface area contributed by atoms with Gasteiger partial charge < -0.3 is 43.0 Å².